The summed E-state index contributed by atoms with van der Waals surface area (Å²) in [6.07, 6.45) is 0. The molecule has 0 fully saturated rings. The van der Waals surface area contributed by atoms with E-state index in [1.807, 2.05) is 6.07 Å². The summed E-state index contributed by atoms with van der Waals surface area (Å²) >= 11 is 1.55. The largest absolute Gasteiger partial charge is 1.00 e. The molecule has 5 heteroatoms. The van der Waals surface area contributed by atoms with Crippen molar-refractivity contribution in [1.82, 2.24) is 0 Å². The van der Waals surface area contributed by atoms with Crippen LogP contribution in [-0.4, -0.2) is 4.89 Å². The Bertz CT molecular complexity index is 259. The predicted molar refractivity (Wildman–Crippen MR) is 49.9 cm³/mol. The number of rotatable bonds is 1. The number of hydrogen-bond acceptors (Lipinski definition) is 1. The molecule has 0 spiro atoms. The first-order chi connectivity index (χ1) is 4.61. The van der Waals surface area contributed by atoms with Gasteiger partial charge in [-0.25, -0.2) is 0 Å². The van der Waals surface area contributed by atoms with Crippen molar-refractivity contribution in [2.75, 3.05) is 0 Å². The Hall–Kier alpha value is 1.14. The first-order valence-corrected chi connectivity index (χ1v) is 7.13. The fraction of sp³-hybridized carbons (Fsp3) is 0. The second kappa shape index (κ2) is 5.00. The van der Waals surface area contributed by atoms with Crippen LogP contribution in [0.25, 0.3) is 0 Å². The first-order valence-electron chi connectivity index (χ1n) is 2.69. The molecule has 2 nitrogen and oxygen atoms in total. The van der Waals surface area contributed by atoms with Crippen LogP contribution in [0, 0.1) is 0 Å². The molecule has 1 unspecified atom stereocenters. The van der Waals surface area contributed by atoms with Gasteiger partial charge in [0.1, 0.15) is 0 Å². The van der Waals surface area contributed by atoms with Crippen molar-refractivity contribution in [3.05, 3.63) is 30.3 Å². The summed E-state index contributed by atoms with van der Waals surface area (Å²) in [6.45, 7) is 0. The molecule has 1 aromatic carbocycles. The van der Waals surface area contributed by atoms with Gasteiger partial charge in [0.2, 0.25) is 0 Å². The van der Waals surface area contributed by atoms with Gasteiger partial charge in [0.25, 0.3) is 5.01 Å². The maximum atomic E-state index is 11.0. The molecular formula is C6H6INaO2P+. The summed E-state index contributed by atoms with van der Waals surface area (Å²) in [7, 11) is 0. The van der Waals surface area contributed by atoms with Crippen LogP contribution in [0.1, 0.15) is 0 Å². The summed E-state index contributed by atoms with van der Waals surface area (Å²) in [6, 6.07) is 8.60. The van der Waals surface area contributed by atoms with Crippen LogP contribution in [0.4, 0.5) is 0 Å². The van der Waals surface area contributed by atoms with Crippen molar-refractivity contribution in [1.29, 1.82) is 0 Å². The van der Waals surface area contributed by atoms with Crippen molar-refractivity contribution >= 4 is 32.4 Å². The molecule has 1 N–H and O–H groups in total. The molecule has 0 aliphatic carbocycles. The average Bonchev–Trinajstić information content (AvgIpc) is 1.88. The van der Waals surface area contributed by atoms with Gasteiger partial charge in [-0.1, -0.05) is 18.2 Å². The van der Waals surface area contributed by atoms with Crippen molar-refractivity contribution < 1.29 is 39.0 Å². The molecule has 0 amide bonds. The van der Waals surface area contributed by atoms with E-state index in [9.17, 15) is 4.57 Å². The van der Waals surface area contributed by atoms with Crippen LogP contribution >= 0.6 is 27.1 Å². The summed E-state index contributed by atoms with van der Waals surface area (Å²) in [5, 5.41) is -2.55. The number of halogens is 1. The summed E-state index contributed by atoms with van der Waals surface area (Å²) < 4.78 is 11.0. The van der Waals surface area contributed by atoms with E-state index in [4.69, 9.17) is 4.89 Å². The number of hydrogen-bond donors (Lipinski definition) is 1. The molecule has 0 saturated heterocycles. The molecule has 0 bridgehead atoms. The zero-order valence-electron chi connectivity index (χ0n) is 6.07. The van der Waals surface area contributed by atoms with E-state index in [0.717, 1.165) is 0 Å². The van der Waals surface area contributed by atoms with Gasteiger partial charge in [-0.2, -0.15) is 0 Å². The van der Waals surface area contributed by atoms with Crippen molar-refractivity contribution in [3.63, 3.8) is 0 Å². The minimum Gasteiger partial charge on any atom is -0.334 e. The van der Waals surface area contributed by atoms with E-state index in [1.165, 1.54) is 0 Å². The standard InChI is InChI=1S/C6H6IO2P.Na/c7-10(8,9)6-4-2-1-3-5-6;/h1-5H,(H,8,9);/q;+1. The van der Waals surface area contributed by atoms with Crippen LogP contribution in [0.3, 0.4) is 0 Å². The van der Waals surface area contributed by atoms with Gasteiger partial charge in [0, 0.05) is 27.3 Å². The normalized spacial score (nSPS) is 14.7. The smallest absolute Gasteiger partial charge is 0.334 e. The Morgan fingerprint density at radius 3 is 2.00 bits per heavy atom. The predicted octanol–water partition coefficient (Wildman–Crippen LogP) is -1.06. The van der Waals surface area contributed by atoms with Crippen LogP contribution < -0.4 is 34.9 Å². The molecule has 1 rings (SSSR count). The zero-order chi connectivity index (χ0) is 7.61. The van der Waals surface area contributed by atoms with Crippen molar-refractivity contribution in [2.24, 2.45) is 0 Å². The maximum absolute atomic E-state index is 11.0. The Morgan fingerprint density at radius 1 is 1.27 bits per heavy atom. The van der Waals surface area contributed by atoms with E-state index in [-0.39, 0.29) is 29.6 Å². The van der Waals surface area contributed by atoms with Gasteiger partial charge in [0.05, 0.1) is 0 Å². The van der Waals surface area contributed by atoms with Crippen molar-refractivity contribution in [3.8, 4) is 0 Å². The molecule has 0 heterocycles. The van der Waals surface area contributed by atoms with Crippen LogP contribution in [0.5, 0.6) is 0 Å². The maximum Gasteiger partial charge on any atom is 1.00 e. The molecule has 1 aromatic rings. The molecular weight excluding hydrogens is 285 g/mol. The summed E-state index contributed by atoms with van der Waals surface area (Å²) in [5.41, 5.74) is 0. The fourth-order valence-electron chi connectivity index (χ4n) is 0.612. The number of benzene rings is 1. The second-order valence-corrected chi connectivity index (χ2v) is 7.28. The SMILES string of the molecule is O=P(O)(I)c1ccccc1.[Na+]. The Morgan fingerprint density at radius 2 is 1.73 bits per heavy atom. The van der Waals surface area contributed by atoms with Crippen molar-refractivity contribution in [2.45, 2.75) is 0 Å². The van der Waals surface area contributed by atoms with Gasteiger partial charge in [-0.15, -0.1) is 0 Å². The van der Waals surface area contributed by atoms with Crippen LogP contribution in [-0.2, 0) is 4.57 Å². The third-order valence-electron chi connectivity index (χ3n) is 1.07. The molecule has 54 valence electrons. The quantitative estimate of drug-likeness (QED) is 0.407. The van der Waals surface area contributed by atoms with Gasteiger partial charge >= 0.3 is 29.6 Å². The van der Waals surface area contributed by atoms with Gasteiger partial charge in [0.15, 0.2) is 0 Å². The molecule has 0 aliphatic rings. The Kier molecular flexibility index (Phi) is 5.51. The summed E-state index contributed by atoms with van der Waals surface area (Å²) in [4.78, 5) is 9.03. The van der Waals surface area contributed by atoms with Crippen LogP contribution in [0.15, 0.2) is 30.3 Å². The third-order valence-corrected chi connectivity index (χ3v) is 3.68. The van der Waals surface area contributed by atoms with E-state index < -0.39 is 5.01 Å². The topological polar surface area (TPSA) is 37.3 Å². The summed E-state index contributed by atoms with van der Waals surface area (Å²) in [5.74, 6) is 0. The Labute approximate surface area is 101 Å². The van der Waals surface area contributed by atoms with Gasteiger partial charge in [-0.3, -0.25) is 4.57 Å². The first kappa shape index (κ1) is 12.1. The van der Waals surface area contributed by atoms with Gasteiger partial charge < -0.3 is 4.89 Å². The third kappa shape index (κ3) is 4.06. The Balaban J connectivity index is 0.000001000. The van der Waals surface area contributed by atoms with E-state index in [2.05, 4.69) is 0 Å². The molecule has 0 aromatic heterocycles. The molecule has 0 aliphatic heterocycles. The molecule has 11 heavy (non-hydrogen) atoms. The molecule has 1 atom stereocenters. The average molecular weight is 291 g/mol. The van der Waals surface area contributed by atoms with E-state index in [1.54, 1.807) is 46.3 Å². The monoisotopic (exact) mass is 291 g/mol. The van der Waals surface area contributed by atoms with E-state index >= 15 is 0 Å². The minimum absolute atomic E-state index is 0. The minimum atomic E-state index is -3.05. The van der Waals surface area contributed by atoms with E-state index in [0.29, 0.717) is 5.30 Å². The molecule has 0 radical (unpaired) electrons. The van der Waals surface area contributed by atoms with Crippen LogP contribution in [0.2, 0.25) is 0 Å². The molecule has 0 saturated carbocycles. The zero-order valence-corrected chi connectivity index (χ0v) is 11.1. The second-order valence-electron chi connectivity index (χ2n) is 1.84. The van der Waals surface area contributed by atoms with Gasteiger partial charge in [-0.05, 0) is 12.1 Å². The fourth-order valence-corrected chi connectivity index (χ4v) is 2.12.